The molecule has 0 bridgehead atoms. The summed E-state index contributed by atoms with van der Waals surface area (Å²) >= 11 is 0. The normalized spacial score (nSPS) is 14.9. The Bertz CT molecular complexity index is 1890. The number of aryl methyl sites for hydroxylation is 2. The van der Waals surface area contributed by atoms with E-state index in [4.69, 9.17) is 0 Å². The Morgan fingerprint density at radius 3 is 2.06 bits per heavy atom. The molecule has 2 aliphatic carbocycles. The molecule has 0 fully saturated rings. The molecule has 0 nitrogen and oxygen atoms in total. The van der Waals surface area contributed by atoms with Gasteiger partial charge in [-0.1, -0.05) is 62.4 Å². The van der Waals surface area contributed by atoms with Crippen molar-refractivity contribution in [2.24, 2.45) is 0 Å². The second-order valence-corrected chi connectivity index (χ2v) is 11.0. The first-order chi connectivity index (χ1) is 16.4. The Labute approximate surface area is 200 Å². The summed E-state index contributed by atoms with van der Waals surface area (Å²) in [7, 11) is 0. The zero-order valence-corrected chi connectivity index (χ0v) is 20.4. The molecule has 6 aromatic rings. The summed E-state index contributed by atoms with van der Waals surface area (Å²) in [6, 6.07) is 25.9. The van der Waals surface area contributed by atoms with Crippen molar-refractivity contribution in [3.63, 3.8) is 0 Å². The number of hydrogen-bond donors (Lipinski definition) is 0. The van der Waals surface area contributed by atoms with Crippen molar-refractivity contribution in [2.75, 3.05) is 0 Å². The Kier molecular flexibility index (Phi) is 3.14. The van der Waals surface area contributed by atoms with Crippen LogP contribution in [0.4, 0.5) is 0 Å². The number of benzene rings is 6. The van der Waals surface area contributed by atoms with Crippen LogP contribution in [0.2, 0.25) is 0 Å². The highest BCUT2D eigenvalue weighted by Gasteiger charge is 2.37. The first-order valence-corrected chi connectivity index (χ1v) is 12.4. The van der Waals surface area contributed by atoms with Crippen LogP contribution in [0.15, 0.2) is 66.7 Å². The SMILES string of the molecule is Cc1c(C)c2ccc3ccc4c5c(cc(c1C)c2c35)-c1cc2c(cc1-4)C(C)(C)c1ccccc1-2. The van der Waals surface area contributed by atoms with Crippen LogP contribution in [-0.4, -0.2) is 0 Å². The molecule has 0 saturated heterocycles. The van der Waals surface area contributed by atoms with E-state index >= 15 is 0 Å². The smallest absolute Gasteiger partial charge is 0.0159 e. The Hall–Kier alpha value is -3.64. The molecule has 0 saturated carbocycles. The molecule has 0 heterocycles. The predicted octanol–water partition coefficient (Wildman–Crippen LogP) is 9.46. The van der Waals surface area contributed by atoms with E-state index in [2.05, 4.69) is 101 Å². The van der Waals surface area contributed by atoms with Gasteiger partial charge in [0.1, 0.15) is 0 Å². The molecule has 0 aromatic heterocycles. The van der Waals surface area contributed by atoms with Gasteiger partial charge in [0.2, 0.25) is 0 Å². The van der Waals surface area contributed by atoms with Crippen LogP contribution in [0.5, 0.6) is 0 Å². The Morgan fingerprint density at radius 2 is 1.21 bits per heavy atom. The molecule has 0 amide bonds. The van der Waals surface area contributed by atoms with Gasteiger partial charge in [0.05, 0.1) is 0 Å². The van der Waals surface area contributed by atoms with Gasteiger partial charge in [-0.15, -0.1) is 0 Å². The number of hydrogen-bond acceptors (Lipinski definition) is 0. The minimum absolute atomic E-state index is 0.0195. The van der Waals surface area contributed by atoms with E-state index in [-0.39, 0.29) is 5.41 Å². The summed E-state index contributed by atoms with van der Waals surface area (Å²) in [5.41, 5.74) is 15.6. The third-order valence-corrected chi connectivity index (χ3v) is 9.25. The molecule has 34 heavy (non-hydrogen) atoms. The van der Waals surface area contributed by atoms with Crippen LogP contribution in [0.1, 0.15) is 41.7 Å². The molecule has 0 heteroatoms. The topological polar surface area (TPSA) is 0 Å². The second-order valence-electron chi connectivity index (χ2n) is 11.0. The van der Waals surface area contributed by atoms with E-state index in [0.717, 1.165) is 0 Å². The van der Waals surface area contributed by atoms with E-state index in [1.54, 1.807) is 0 Å². The van der Waals surface area contributed by atoms with Gasteiger partial charge in [0, 0.05) is 5.41 Å². The van der Waals surface area contributed by atoms with E-state index < -0.39 is 0 Å². The summed E-state index contributed by atoms with van der Waals surface area (Å²) in [4.78, 5) is 0. The fraction of sp³-hybridized carbons (Fsp3) is 0.176. The van der Waals surface area contributed by atoms with Crippen molar-refractivity contribution >= 4 is 32.3 Å². The second kappa shape index (κ2) is 5.70. The fourth-order valence-corrected chi connectivity index (χ4v) is 7.19. The number of fused-ring (bicyclic) bond motifs is 6. The van der Waals surface area contributed by atoms with Crippen LogP contribution < -0.4 is 0 Å². The predicted molar refractivity (Wildman–Crippen MR) is 146 cm³/mol. The highest BCUT2D eigenvalue weighted by Crippen LogP contribution is 2.57. The summed E-state index contributed by atoms with van der Waals surface area (Å²) in [6.45, 7) is 11.6. The number of rotatable bonds is 0. The first-order valence-electron chi connectivity index (χ1n) is 12.4. The minimum Gasteiger partial charge on any atom is -0.0619 e. The maximum absolute atomic E-state index is 2.51. The standard InChI is InChI=1S/C34H26/c1-17-18(2)21-12-10-20-11-13-23-26-16-30-27(22-8-6-7-9-29(22)34(30,4)5)15-25(26)28-14-24(19(17)3)32(21)31(20)33(23)28/h6-16H,1-5H3. The molecule has 0 unspecified atom stereocenters. The van der Waals surface area contributed by atoms with Crippen molar-refractivity contribution in [1.82, 2.24) is 0 Å². The molecule has 0 N–H and O–H groups in total. The minimum atomic E-state index is 0.0195. The van der Waals surface area contributed by atoms with Crippen LogP contribution in [-0.2, 0) is 5.41 Å². The molecular weight excluding hydrogens is 408 g/mol. The van der Waals surface area contributed by atoms with Gasteiger partial charge in [0.25, 0.3) is 0 Å². The van der Waals surface area contributed by atoms with Crippen molar-refractivity contribution in [3.05, 3.63) is 94.5 Å². The molecule has 2 aliphatic rings. The van der Waals surface area contributed by atoms with Gasteiger partial charge < -0.3 is 0 Å². The maximum atomic E-state index is 2.51. The Balaban J connectivity index is 1.57. The van der Waals surface area contributed by atoms with Crippen molar-refractivity contribution in [3.8, 4) is 33.4 Å². The average molecular weight is 435 g/mol. The third kappa shape index (κ3) is 1.91. The summed E-state index contributed by atoms with van der Waals surface area (Å²) in [5, 5.41) is 8.52. The summed E-state index contributed by atoms with van der Waals surface area (Å²) < 4.78 is 0. The van der Waals surface area contributed by atoms with Crippen LogP contribution in [0, 0.1) is 20.8 Å². The van der Waals surface area contributed by atoms with Crippen molar-refractivity contribution < 1.29 is 0 Å². The lowest BCUT2D eigenvalue weighted by molar-refractivity contribution is 0.660. The van der Waals surface area contributed by atoms with E-state index in [9.17, 15) is 0 Å². The molecule has 0 radical (unpaired) electrons. The molecule has 0 atom stereocenters. The van der Waals surface area contributed by atoms with Gasteiger partial charge >= 0.3 is 0 Å². The lowest BCUT2D eigenvalue weighted by Crippen LogP contribution is -2.14. The molecule has 0 aliphatic heterocycles. The largest absolute Gasteiger partial charge is 0.0619 e. The molecule has 8 rings (SSSR count). The maximum Gasteiger partial charge on any atom is 0.0159 e. The molecule has 6 aromatic carbocycles. The van der Waals surface area contributed by atoms with Gasteiger partial charge in [0.15, 0.2) is 0 Å². The average Bonchev–Trinajstić information content (AvgIpc) is 3.28. The summed E-state index contributed by atoms with van der Waals surface area (Å²) in [6.07, 6.45) is 0. The summed E-state index contributed by atoms with van der Waals surface area (Å²) in [5.74, 6) is 0. The van der Waals surface area contributed by atoms with Gasteiger partial charge in [-0.2, -0.15) is 0 Å². The van der Waals surface area contributed by atoms with Gasteiger partial charge in [-0.3, -0.25) is 0 Å². The molecule has 162 valence electrons. The zero-order valence-electron chi connectivity index (χ0n) is 20.4. The fourth-order valence-electron chi connectivity index (χ4n) is 7.19. The van der Waals surface area contributed by atoms with Crippen LogP contribution >= 0.6 is 0 Å². The third-order valence-electron chi connectivity index (χ3n) is 9.25. The highest BCUT2D eigenvalue weighted by molar-refractivity contribution is 6.33. The lowest BCUT2D eigenvalue weighted by atomic mass is 9.81. The lowest BCUT2D eigenvalue weighted by Gasteiger charge is -2.22. The van der Waals surface area contributed by atoms with E-state index in [0.29, 0.717) is 0 Å². The quantitative estimate of drug-likeness (QED) is 0.208. The Morgan fingerprint density at radius 1 is 0.471 bits per heavy atom. The molecular formula is C34H26. The first kappa shape index (κ1) is 18.7. The highest BCUT2D eigenvalue weighted by atomic mass is 14.4. The zero-order chi connectivity index (χ0) is 23.1. The monoisotopic (exact) mass is 434 g/mol. The van der Waals surface area contributed by atoms with Gasteiger partial charge in [-0.25, -0.2) is 0 Å². The van der Waals surface area contributed by atoms with E-state index in [1.807, 2.05) is 0 Å². The molecule has 0 spiro atoms. The van der Waals surface area contributed by atoms with Crippen molar-refractivity contribution in [1.29, 1.82) is 0 Å². The van der Waals surface area contributed by atoms with E-state index in [1.165, 1.54) is 93.5 Å². The van der Waals surface area contributed by atoms with Crippen LogP contribution in [0.3, 0.4) is 0 Å². The van der Waals surface area contributed by atoms with Gasteiger partial charge in [-0.05, 0) is 132 Å². The van der Waals surface area contributed by atoms with Crippen molar-refractivity contribution in [2.45, 2.75) is 40.0 Å². The van der Waals surface area contributed by atoms with Crippen LogP contribution in [0.25, 0.3) is 65.7 Å².